The van der Waals surface area contributed by atoms with Crippen LogP contribution < -0.4 is 9.47 Å². The number of nitrogens with zero attached hydrogens (tertiary/aromatic N) is 1. The number of hydrogen-bond acceptors (Lipinski definition) is 5. The van der Waals surface area contributed by atoms with E-state index in [4.69, 9.17) is 25.8 Å². The maximum atomic E-state index is 13.6. The van der Waals surface area contributed by atoms with Crippen LogP contribution in [-0.2, 0) is 16.1 Å². The highest BCUT2D eigenvalue weighted by Crippen LogP contribution is 2.31. The second-order valence-corrected chi connectivity index (χ2v) is 7.84. The zero-order valence-corrected chi connectivity index (χ0v) is 19.2. The molecule has 3 aromatic carbocycles. The standard InChI is InChI=1S/C26H20ClF2NO4/c1-3-32-24-11-16(8-9-23(24)33-14-17-7-5-4-6-15(17)2)10-22-26(31)34-25(30-22)18-12-20(28)21(29)13-19(18)27/h4-13H,3,14H2,1-2H3/b22-10+. The first-order chi connectivity index (χ1) is 16.4. The van der Waals surface area contributed by atoms with E-state index in [1.807, 2.05) is 38.1 Å². The Morgan fingerprint density at radius 1 is 1.03 bits per heavy atom. The van der Waals surface area contributed by atoms with Crippen LogP contribution in [0.4, 0.5) is 8.78 Å². The highest BCUT2D eigenvalue weighted by molar-refractivity contribution is 6.34. The van der Waals surface area contributed by atoms with Gasteiger partial charge in [0.05, 0.1) is 17.2 Å². The van der Waals surface area contributed by atoms with Crippen molar-refractivity contribution >= 4 is 29.5 Å². The summed E-state index contributed by atoms with van der Waals surface area (Å²) in [6.45, 7) is 4.66. The van der Waals surface area contributed by atoms with Gasteiger partial charge in [0.15, 0.2) is 28.8 Å². The van der Waals surface area contributed by atoms with Gasteiger partial charge in [-0.1, -0.05) is 41.9 Å². The van der Waals surface area contributed by atoms with E-state index in [1.165, 1.54) is 6.08 Å². The first-order valence-corrected chi connectivity index (χ1v) is 10.8. The molecule has 8 heteroatoms. The minimum Gasteiger partial charge on any atom is -0.490 e. The summed E-state index contributed by atoms with van der Waals surface area (Å²) in [7, 11) is 0. The third-order valence-corrected chi connectivity index (χ3v) is 5.39. The molecule has 34 heavy (non-hydrogen) atoms. The van der Waals surface area contributed by atoms with Gasteiger partial charge in [-0.15, -0.1) is 0 Å². The minimum absolute atomic E-state index is 0.0210. The zero-order chi connectivity index (χ0) is 24.2. The van der Waals surface area contributed by atoms with E-state index < -0.39 is 17.6 Å². The number of aliphatic imine (C=N–C) groups is 1. The molecule has 1 heterocycles. The smallest absolute Gasteiger partial charge is 0.363 e. The highest BCUT2D eigenvalue weighted by Gasteiger charge is 2.27. The number of rotatable bonds is 7. The van der Waals surface area contributed by atoms with Crippen LogP contribution in [0.2, 0.25) is 5.02 Å². The largest absolute Gasteiger partial charge is 0.490 e. The van der Waals surface area contributed by atoms with Gasteiger partial charge in [0.2, 0.25) is 5.90 Å². The van der Waals surface area contributed by atoms with Crippen LogP contribution in [0.3, 0.4) is 0 Å². The lowest BCUT2D eigenvalue weighted by atomic mass is 10.1. The van der Waals surface area contributed by atoms with E-state index in [0.717, 1.165) is 23.3 Å². The van der Waals surface area contributed by atoms with E-state index in [1.54, 1.807) is 18.2 Å². The minimum atomic E-state index is -1.13. The van der Waals surface area contributed by atoms with Gasteiger partial charge >= 0.3 is 5.97 Å². The topological polar surface area (TPSA) is 57.1 Å². The second kappa shape index (κ2) is 10.1. The predicted molar refractivity (Wildman–Crippen MR) is 125 cm³/mol. The van der Waals surface area contributed by atoms with Crippen molar-refractivity contribution in [1.82, 2.24) is 0 Å². The summed E-state index contributed by atoms with van der Waals surface area (Å²) >= 11 is 5.97. The summed E-state index contributed by atoms with van der Waals surface area (Å²) in [5.74, 6) is -2.12. The Morgan fingerprint density at radius 2 is 1.79 bits per heavy atom. The summed E-state index contributed by atoms with van der Waals surface area (Å²) < 4.78 is 43.8. The lowest BCUT2D eigenvalue weighted by Crippen LogP contribution is -2.07. The summed E-state index contributed by atoms with van der Waals surface area (Å²) in [5.41, 5.74) is 2.75. The summed E-state index contributed by atoms with van der Waals surface area (Å²) in [5, 5.41) is -0.125. The van der Waals surface area contributed by atoms with E-state index in [-0.39, 0.29) is 22.2 Å². The monoisotopic (exact) mass is 483 g/mol. The fourth-order valence-electron chi connectivity index (χ4n) is 3.30. The van der Waals surface area contributed by atoms with E-state index in [2.05, 4.69) is 4.99 Å². The predicted octanol–water partition coefficient (Wildman–Crippen LogP) is 6.25. The number of hydrogen-bond donors (Lipinski definition) is 0. The lowest BCUT2D eigenvalue weighted by molar-refractivity contribution is -0.129. The Kier molecular flexibility index (Phi) is 6.93. The Hall–Kier alpha value is -3.71. The van der Waals surface area contributed by atoms with Crippen molar-refractivity contribution in [3.05, 3.63) is 99.2 Å². The molecule has 1 aliphatic heterocycles. The molecule has 0 saturated carbocycles. The van der Waals surface area contributed by atoms with Crippen LogP contribution in [0, 0.1) is 18.6 Å². The molecule has 1 aliphatic rings. The Morgan fingerprint density at radius 3 is 2.56 bits per heavy atom. The Bertz CT molecular complexity index is 1320. The lowest BCUT2D eigenvalue weighted by Gasteiger charge is -2.13. The van der Waals surface area contributed by atoms with Gasteiger partial charge in [-0.3, -0.25) is 0 Å². The van der Waals surface area contributed by atoms with Crippen molar-refractivity contribution in [2.75, 3.05) is 6.61 Å². The molecule has 0 radical (unpaired) electrons. The van der Waals surface area contributed by atoms with E-state index in [0.29, 0.717) is 30.3 Å². The van der Waals surface area contributed by atoms with Gasteiger partial charge in [0, 0.05) is 0 Å². The highest BCUT2D eigenvalue weighted by atomic mass is 35.5. The molecular formula is C26H20ClF2NO4. The average Bonchev–Trinajstić information content (AvgIpc) is 3.16. The number of ether oxygens (including phenoxy) is 3. The second-order valence-electron chi connectivity index (χ2n) is 7.44. The molecule has 0 saturated heterocycles. The summed E-state index contributed by atoms with van der Waals surface area (Å²) in [6, 6.07) is 14.8. The van der Waals surface area contributed by atoms with Crippen LogP contribution in [0.1, 0.15) is 29.2 Å². The van der Waals surface area contributed by atoms with Gasteiger partial charge in [-0.25, -0.2) is 18.6 Å². The summed E-state index contributed by atoms with van der Waals surface area (Å²) in [4.78, 5) is 16.4. The van der Waals surface area contributed by atoms with Crippen molar-refractivity contribution < 1.29 is 27.8 Å². The third-order valence-electron chi connectivity index (χ3n) is 5.08. The van der Waals surface area contributed by atoms with E-state index in [9.17, 15) is 13.6 Å². The molecule has 0 spiro atoms. The maximum Gasteiger partial charge on any atom is 0.363 e. The molecular weight excluding hydrogens is 464 g/mol. The Labute approximate surface area is 200 Å². The number of aryl methyl sites for hydroxylation is 1. The first kappa shape index (κ1) is 23.4. The molecule has 174 valence electrons. The van der Waals surface area contributed by atoms with E-state index >= 15 is 0 Å². The van der Waals surface area contributed by atoms with Crippen LogP contribution >= 0.6 is 11.6 Å². The van der Waals surface area contributed by atoms with Gasteiger partial charge in [0.1, 0.15) is 6.61 Å². The molecule has 0 amide bonds. The fourth-order valence-corrected chi connectivity index (χ4v) is 3.53. The number of carbonyl (C=O) groups is 1. The molecule has 0 aromatic heterocycles. The average molecular weight is 484 g/mol. The molecule has 0 fully saturated rings. The number of cyclic esters (lactones) is 1. The van der Waals surface area contributed by atoms with Crippen LogP contribution in [0.5, 0.6) is 11.5 Å². The maximum absolute atomic E-state index is 13.6. The van der Waals surface area contributed by atoms with Crippen molar-refractivity contribution in [2.45, 2.75) is 20.5 Å². The normalized spacial score (nSPS) is 14.2. The molecule has 0 bridgehead atoms. The number of esters is 1. The van der Waals surface area contributed by atoms with Gasteiger partial charge in [0.25, 0.3) is 0 Å². The van der Waals surface area contributed by atoms with Gasteiger partial charge < -0.3 is 14.2 Å². The van der Waals surface area contributed by atoms with Crippen molar-refractivity contribution in [2.24, 2.45) is 4.99 Å². The SMILES string of the molecule is CCOc1cc(/C=C2/N=C(c3cc(F)c(F)cc3Cl)OC2=O)ccc1OCc1ccccc1C. The van der Waals surface area contributed by atoms with Gasteiger partial charge in [-0.05, 0) is 60.9 Å². The molecule has 3 aromatic rings. The number of carbonyl (C=O) groups excluding carboxylic acids is 1. The molecule has 4 rings (SSSR count). The molecule has 0 aliphatic carbocycles. The fraction of sp³-hybridized carbons (Fsp3) is 0.154. The van der Waals surface area contributed by atoms with Crippen LogP contribution in [-0.4, -0.2) is 18.5 Å². The molecule has 0 atom stereocenters. The molecule has 0 N–H and O–H groups in total. The number of benzene rings is 3. The third kappa shape index (κ3) is 5.10. The van der Waals surface area contributed by atoms with Crippen LogP contribution in [0.15, 0.2) is 65.3 Å². The van der Waals surface area contributed by atoms with Crippen molar-refractivity contribution in [3.8, 4) is 11.5 Å². The van der Waals surface area contributed by atoms with Gasteiger partial charge in [-0.2, -0.15) is 0 Å². The molecule has 5 nitrogen and oxygen atoms in total. The zero-order valence-electron chi connectivity index (χ0n) is 18.4. The Balaban J connectivity index is 1.59. The quantitative estimate of drug-likeness (QED) is 0.226. The summed E-state index contributed by atoms with van der Waals surface area (Å²) in [6.07, 6.45) is 1.50. The van der Waals surface area contributed by atoms with Crippen LogP contribution in [0.25, 0.3) is 6.08 Å². The number of halogens is 3. The van der Waals surface area contributed by atoms with Crippen molar-refractivity contribution in [3.63, 3.8) is 0 Å². The van der Waals surface area contributed by atoms with Crippen molar-refractivity contribution in [1.29, 1.82) is 0 Å². The first-order valence-electron chi connectivity index (χ1n) is 10.5. The molecule has 0 unspecified atom stereocenters.